The van der Waals surface area contributed by atoms with E-state index in [9.17, 15) is 9.59 Å². The van der Waals surface area contributed by atoms with Crippen molar-refractivity contribution >= 4 is 11.8 Å². The fourth-order valence-corrected chi connectivity index (χ4v) is 2.29. The molecule has 2 atom stereocenters. The first-order valence-electron chi connectivity index (χ1n) is 7.26. The number of esters is 1. The van der Waals surface area contributed by atoms with Crippen LogP contribution >= 0.6 is 0 Å². The molecule has 1 aromatic rings. The number of hydrogen-bond acceptors (Lipinski definition) is 5. The van der Waals surface area contributed by atoms with Crippen molar-refractivity contribution < 1.29 is 23.8 Å². The molecule has 0 amide bonds. The number of hydrogen-bond donors (Lipinski definition) is 0. The lowest BCUT2D eigenvalue weighted by Gasteiger charge is -2.27. The van der Waals surface area contributed by atoms with Gasteiger partial charge < -0.3 is 14.2 Å². The predicted molar refractivity (Wildman–Crippen MR) is 76.4 cm³/mol. The summed E-state index contributed by atoms with van der Waals surface area (Å²) in [5, 5.41) is 0. The van der Waals surface area contributed by atoms with Crippen molar-refractivity contribution in [1.82, 2.24) is 0 Å². The molecule has 5 heteroatoms. The molecule has 2 rings (SSSR count). The Balaban J connectivity index is 2.09. The van der Waals surface area contributed by atoms with Crippen LogP contribution in [0.4, 0.5) is 0 Å². The molecule has 0 N–H and O–H groups in total. The number of benzene rings is 1. The molecule has 0 fully saturated rings. The third-order valence-electron chi connectivity index (χ3n) is 3.32. The van der Waals surface area contributed by atoms with E-state index in [0.29, 0.717) is 17.9 Å². The van der Waals surface area contributed by atoms with Gasteiger partial charge in [0.05, 0.1) is 6.61 Å². The number of Topliss-reactive ketones (excluding diaryl/α,β-unsaturated/α-hetero) is 1. The molecule has 1 heterocycles. The van der Waals surface area contributed by atoms with Crippen LogP contribution in [-0.4, -0.2) is 31.1 Å². The molecule has 0 saturated heterocycles. The van der Waals surface area contributed by atoms with Crippen LogP contribution in [0.5, 0.6) is 11.5 Å². The van der Waals surface area contributed by atoms with Crippen molar-refractivity contribution in [2.45, 2.75) is 32.8 Å². The third kappa shape index (κ3) is 3.54. The van der Waals surface area contributed by atoms with Crippen LogP contribution in [0.3, 0.4) is 0 Å². The lowest BCUT2D eigenvalue weighted by atomic mass is 9.95. The summed E-state index contributed by atoms with van der Waals surface area (Å²) in [7, 11) is 0. The summed E-state index contributed by atoms with van der Waals surface area (Å²) >= 11 is 0. The van der Waals surface area contributed by atoms with E-state index in [-0.39, 0.29) is 19.0 Å². The van der Waals surface area contributed by atoms with E-state index in [0.717, 1.165) is 6.42 Å². The highest BCUT2D eigenvalue weighted by atomic mass is 16.6. The molecule has 0 radical (unpaired) electrons. The number of para-hydroxylation sites is 2. The normalized spacial score (nSPS) is 17.9. The second kappa shape index (κ2) is 7.11. The molecule has 114 valence electrons. The van der Waals surface area contributed by atoms with Crippen LogP contribution in [0, 0.1) is 5.92 Å². The van der Waals surface area contributed by atoms with Crippen molar-refractivity contribution in [2.24, 2.45) is 5.92 Å². The van der Waals surface area contributed by atoms with Gasteiger partial charge in [0.25, 0.3) is 0 Å². The number of carbonyl (C=O) groups is 2. The molecule has 0 bridgehead atoms. The van der Waals surface area contributed by atoms with E-state index in [1.807, 2.05) is 19.1 Å². The van der Waals surface area contributed by atoms with Crippen molar-refractivity contribution in [3.8, 4) is 11.5 Å². The lowest BCUT2D eigenvalue weighted by Crippen LogP contribution is -2.43. The van der Waals surface area contributed by atoms with Crippen LogP contribution in [0.25, 0.3) is 0 Å². The molecule has 1 aliphatic heterocycles. The minimum atomic E-state index is -0.784. The zero-order valence-electron chi connectivity index (χ0n) is 12.3. The van der Waals surface area contributed by atoms with Gasteiger partial charge in [-0.25, -0.2) is 0 Å². The molecule has 0 spiro atoms. The van der Waals surface area contributed by atoms with Crippen molar-refractivity contribution in [2.75, 3.05) is 13.2 Å². The molecule has 0 aliphatic carbocycles. The topological polar surface area (TPSA) is 61.8 Å². The van der Waals surface area contributed by atoms with E-state index in [2.05, 4.69) is 0 Å². The minimum absolute atomic E-state index is 0.121. The maximum absolute atomic E-state index is 12.5. The zero-order chi connectivity index (χ0) is 15.2. The van der Waals surface area contributed by atoms with Gasteiger partial charge in [-0.1, -0.05) is 25.5 Å². The highest BCUT2D eigenvalue weighted by Gasteiger charge is 2.36. The third-order valence-corrected chi connectivity index (χ3v) is 3.32. The smallest absolute Gasteiger partial charge is 0.316 e. The first kappa shape index (κ1) is 15.4. The van der Waals surface area contributed by atoms with Gasteiger partial charge in [-0.05, 0) is 25.5 Å². The van der Waals surface area contributed by atoms with Crippen LogP contribution in [0.1, 0.15) is 26.7 Å². The summed E-state index contributed by atoms with van der Waals surface area (Å²) in [5.41, 5.74) is 0. The van der Waals surface area contributed by atoms with Crippen LogP contribution < -0.4 is 9.47 Å². The van der Waals surface area contributed by atoms with E-state index in [1.54, 1.807) is 19.1 Å². The fourth-order valence-electron chi connectivity index (χ4n) is 2.29. The molecule has 21 heavy (non-hydrogen) atoms. The van der Waals surface area contributed by atoms with Crippen molar-refractivity contribution in [3.63, 3.8) is 0 Å². The standard InChI is InChI=1S/C16H20O5/c1-3-7-11(16(18)19-4-2)15(17)14-10-20-12-8-5-6-9-13(12)21-14/h5-6,8-9,11,14H,3-4,7,10H2,1-2H3. The van der Waals surface area contributed by atoms with Gasteiger partial charge in [-0.15, -0.1) is 0 Å². The van der Waals surface area contributed by atoms with Gasteiger partial charge in [0.1, 0.15) is 12.5 Å². The maximum Gasteiger partial charge on any atom is 0.316 e. The highest BCUT2D eigenvalue weighted by Crippen LogP contribution is 2.32. The van der Waals surface area contributed by atoms with Gasteiger partial charge >= 0.3 is 5.97 Å². The first-order valence-corrected chi connectivity index (χ1v) is 7.26. The molecule has 1 aliphatic rings. The predicted octanol–water partition coefficient (Wildman–Crippen LogP) is 2.37. The van der Waals surface area contributed by atoms with Gasteiger partial charge in [-0.2, -0.15) is 0 Å². The van der Waals surface area contributed by atoms with Crippen LogP contribution in [0.2, 0.25) is 0 Å². The van der Waals surface area contributed by atoms with E-state index in [4.69, 9.17) is 14.2 Å². The lowest BCUT2D eigenvalue weighted by molar-refractivity contribution is -0.154. The number of rotatable bonds is 6. The number of fused-ring (bicyclic) bond motifs is 1. The molecular formula is C16H20O5. The average Bonchev–Trinajstić information content (AvgIpc) is 2.51. The Morgan fingerprint density at radius 3 is 2.67 bits per heavy atom. The summed E-state index contributed by atoms with van der Waals surface area (Å²) in [6, 6.07) is 7.17. The molecule has 5 nitrogen and oxygen atoms in total. The Morgan fingerprint density at radius 1 is 1.29 bits per heavy atom. The van der Waals surface area contributed by atoms with Gasteiger partial charge in [0.2, 0.25) is 0 Å². The van der Waals surface area contributed by atoms with Crippen LogP contribution in [0.15, 0.2) is 24.3 Å². The molecule has 2 unspecified atom stereocenters. The molecule has 1 aromatic carbocycles. The Bertz CT molecular complexity index is 511. The fraction of sp³-hybridized carbons (Fsp3) is 0.500. The summed E-state index contributed by atoms with van der Waals surface area (Å²) < 4.78 is 16.2. The van der Waals surface area contributed by atoms with E-state index < -0.39 is 18.0 Å². The average molecular weight is 292 g/mol. The molecular weight excluding hydrogens is 272 g/mol. The SMILES string of the molecule is CCCC(C(=O)OCC)C(=O)C1COc2ccccc2O1. The van der Waals surface area contributed by atoms with Gasteiger partial charge in [0, 0.05) is 0 Å². The summed E-state index contributed by atoms with van der Waals surface area (Å²) in [6.45, 7) is 4.03. The van der Waals surface area contributed by atoms with E-state index in [1.165, 1.54) is 0 Å². The van der Waals surface area contributed by atoms with Crippen LogP contribution in [-0.2, 0) is 14.3 Å². The second-order valence-corrected chi connectivity index (χ2v) is 4.86. The Hall–Kier alpha value is -2.04. The van der Waals surface area contributed by atoms with Gasteiger partial charge in [0.15, 0.2) is 23.4 Å². The monoisotopic (exact) mass is 292 g/mol. The summed E-state index contributed by atoms with van der Waals surface area (Å²) in [5.74, 6) is -0.392. The largest absolute Gasteiger partial charge is 0.485 e. The Kier molecular flexibility index (Phi) is 5.20. The summed E-state index contributed by atoms with van der Waals surface area (Å²) in [4.78, 5) is 24.4. The first-order chi connectivity index (χ1) is 10.2. The van der Waals surface area contributed by atoms with E-state index >= 15 is 0 Å². The quantitative estimate of drug-likeness (QED) is 0.595. The van der Waals surface area contributed by atoms with Gasteiger partial charge in [-0.3, -0.25) is 9.59 Å². The van der Waals surface area contributed by atoms with Crippen molar-refractivity contribution in [1.29, 1.82) is 0 Å². The second-order valence-electron chi connectivity index (χ2n) is 4.86. The zero-order valence-corrected chi connectivity index (χ0v) is 12.3. The number of ether oxygens (including phenoxy) is 3. The number of carbonyl (C=O) groups excluding carboxylic acids is 2. The molecule has 0 saturated carbocycles. The Morgan fingerprint density at radius 2 is 2.00 bits per heavy atom. The summed E-state index contributed by atoms with van der Waals surface area (Å²) in [6.07, 6.45) is 0.416. The molecule has 0 aromatic heterocycles. The Labute approximate surface area is 124 Å². The number of ketones is 1. The highest BCUT2D eigenvalue weighted by molar-refractivity contribution is 6.01. The minimum Gasteiger partial charge on any atom is -0.485 e. The maximum atomic E-state index is 12.5. The van der Waals surface area contributed by atoms with Crippen molar-refractivity contribution in [3.05, 3.63) is 24.3 Å².